The van der Waals surface area contributed by atoms with Gasteiger partial charge in [-0.1, -0.05) is 49.6 Å². The van der Waals surface area contributed by atoms with Crippen LogP contribution in [0.3, 0.4) is 0 Å². The molecule has 0 bridgehead atoms. The van der Waals surface area contributed by atoms with Crippen LogP contribution in [-0.4, -0.2) is 41.7 Å². The van der Waals surface area contributed by atoms with Crippen LogP contribution >= 0.6 is 0 Å². The molecular weight excluding hydrogens is 336 g/mol. The van der Waals surface area contributed by atoms with E-state index in [0.29, 0.717) is 6.29 Å². The SMILES string of the molecule is O=CCC(=O)N(C(=O)CNC(=O)OCc1ccccc1)C1CCCCC1. The number of aldehydes is 1. The zero-order chi connectivity index (χ0) is 18.8. The minimum absolute atomic E-state index is 0.0945. The van der Waals surface area contributed by atoms with Crippen molar-refractivity contribution in [3.8, 4) is 0 Å². The van der Waals surface area contributed by atoms with Crippen molar-refractivity contribution in [2.75, 3.05) is 6.54 Å². The zero-order valence-corrected chi connectivity index (χ0v) is 14.7. The highest BCUT2D eigenvalue weighted by atomic mass is 16.5. The van der Waals surface area contributed by atoms with Crippen molar-refractivity contribution in [2.45, 2.75) is 51.2 Å². The molecule has 26 heavy (non-hydrogen) atoms. The lowest BCUT2D eigenvalue weighted by molar-refractivity contribution is -0.148. The Hall–Kier alpha value is -2.70. The standard InChI is InChI=1S/C19H24N2O5/c22-12-11-17(23)21(16-9-5-2-6-10-16)18(24)13-20-19(25)26-14-15-7-3-1-4-8-15/h1,3-4,7-8,12,16H,2,5-6,9-11,13-14H2,(H,20,25). The third-order valence-corrected chi connectivity index (χ3v) is 4.33. The quantitative estimate of drug-likeness (QED) is 0.594. The van der Waals surface area contributed by atoms with Gasteiger partial charge in [0.2, 0.25) is 11.8 Å². The summed E-state index contributed by atoms with van der Waals surface area (Å²) in [5.41, 5.74) is 0.832. The molecule has 0 radical (unpaired) electrons. The summed E-state index contributed by atoms with van der Waals surface area (Å²) in [6.45, 7) is -0.244. The molecule has 7 nitrogen and oxygen atoms in total. The van der Waals surface area contributed by atoms with Gasteiger partial charge in [0.25, 0.3) is 0 Å². The fraction of sp³-hybridized carbons (Fsp3) is 0.474. The van der Waals surface area contributed by atoms with Crippen LogP contribution in [0.1, 0.15) is 44.1 Å². The number of carbonyl (C=O) groups excluding carboxylic acids is 4. The number of nitrogens with zero attached hydrogens (tertiary/aromatic N) is 1. The molecule has 0 unspecified atom stereocenters. The molecule has 1 aromatic rings. The van der Waals surface area contributed by atoms with Crippen molar-refractivity contribution in [3.63, 3.8) is 0 Å². The first-order chi connectivity index (χ1) is 12.6. The number of benzene rings is 1. The summed E-state index contributed by atoms with van der Waals surface area (Å²) in [5, 5.41) is 2.38. The first kappa shape index (κ1) is 19.6. The number of imide groups is 1. The number of nitrogens with one attached hydrogen (secondary N) is 1. The van der Waals surface area contributed by atoms with Crippen molar-refractivity contribution in [3.05, 3.63) is 35.9 Å². The Kier molecular flexibility index (Phi) is 7.79. The van der Waals surface area contributed by atoms with Crippen molar-refractivity contribution in [1.82, 2.24) is 10.2 Å². The lowest BCUT2D eigenvalue weighted by Crippen LogP contribution is -2.49. The Morgan fingerprint density at radius 2 is 1.77 bits per heavy atom. The van der Waals surface area contributed by atoms with E-state index >= 15 is 0 Å². The summed E-state index contributed by atoms with van der Waals surface area (Å²) >= 11 is 0. The summed E-state index contributed by atoms with van der Waals surface area (Å²) in [6.07, 6.45) is 3.85. The number of hydrogen-bond acceptors (Lipinski definition) is 5. The summed E-state index contributed by atoms with van der Waals surface area (Å²) in [7, 11) is 0. The summed E-state index contributed by atoms with van der Waals surface area (Å²) in [5.74, 6) is -1.03. The summed E-state index contributed by atoms with van der Waals surface area (Å²) in [6, 6.07) is 8.97. The van der Waals surface area contributed by atoms with E-state index in [1.807, 2.05) is 30.3 Å². The van der Waals surface area contributed by atoms with Crippen molar-refractivity contribution < 1.29 is 23.9 Å². The summed E-state index contributed by atoms with van der Waals surface area (Å²) < 4.78 is 5.05. The average Bonchev–Trinajstić information content (AvgIpc) is 2.67. The zero-order valence-electron chi connectivity index (χ0n) is 14.7. The van der Waals surface area contributed by atoms with Crippen molar-refractivity contribution in [2.24, 2.45) is 0 Å². The highest BCUT2D eigenvalue weighted by Crippen LogP contribution is 2.23. The van der Waals surface area contributed by atoms with Crippen LogP contribution in [0, 0.1) is 0 Å². The molecule has 3 amide bonds. The molecule has 0 saturated heterocycles. The van der Waals surface area contributed by atoms with Crippen LogP contribution < -0.4 is 5.32 Å². The lowest BCUT2D eigenvalue weighted by atomic mass is 9.94. The minimum atomic E-state index is -0.728. The number of ether oxygens (including phenoxy) is 1. The molecule has 0 spiro atoms. The van der Waals surface area contributed by atoms with E-state index in [2.05, 4.69) is 5.32 Å². The van der Waals surface area contributed by atoms with Gasteiger partial charge in [0.05, 0.1) is 6.42 Å². The van der Waals surface area contributed by atoms with Gasteiger partial charge in [-0.15, -0.1) is 0 Å². The van der Waals surface area contributed by atoms with Crippen LogP contribution in [0.5, 0.6) is 0 Å². The average molecular weight is 360 g/mol. The number of alkyl carbamates (subject to hydrolysis) is 1. The first-order valence-electron chi connectivity index (χ1n) is 8.85. The van der Waals surface area contributed by atoms with E-state index in [0.717, 1.165) is 42.6 Å². The predicted octanol–water partition coefficient (Wildman–Crippen LogP) is 2.19. The van der Waals surface area contributed by atoms with E-state index in [1.54, 1.807) is 0 Å². The van der Waals surface area contributed by atoms with Gasteiger partial charge in [0.15, 0.2) is 0 Å². The number of amides is 3. The second kappa shape index (κ2) is 10.3. The van der Waals surface area contributed by atoms with Gasteiger partial charge < -0.3 is 14.8 Å². The molecule has 0 heterocycles. The van der Waals surface area contributed by atoms with Crippen LogP contribution in [0.2, 0.25) is 0 Å². The molecule has 1 aromatic carbocycles. The maximum absolute atomic E-state index is 12.5. The molecule has 1 aliphatic rings. The van der Waals surface area contributed by atoms with E-state index in [-0.39, 0.29) is 25.6 Å². The number of carbonyl (C=O) groups is 4. The Morgan fingerprint density at radius 1 is 1.08 bits per heavy atom. The number of rotatable bonds is 7. The predicted molar refractivity (Wildman–Crippen MR) is 94.0 cm³/mol. The topological polar surface area (TPSA) is 92.8 Å². The van der Waals surface area contributed by atoms with Gasteiger partial charge >= 0.3 is 6.09 Å². The molecule has 0 aliphatic heterocycles. The second-order valence-electron chi connectivity index (χ2n) is 6.24. The third kappa shape index (κ3) is 5.98. The van der Waals surface area contributed by atoms with Gasteiger partial charge in [0, 0.05) is 6.04 Å². The Bertz CT molecular complexity index is 626. The Morgan fingerprint density at radius 3 is 2.42 bits per heavy atom. The molecule has 140 valence electrons. The maximum atomic E-state index is 12.5. The van der Waals surface area contributed by atoms with Crippen LogP contribution in [0.15, 0.2) is 30.3 Å². The normalized spacial score (nSPS) is 14.3. The van der Waals surface area contributed by atoms with Crippen molar-refractivity contribution in [1.29, 1.82) is 0 Å². The van der Waals surface area contributed by atoms with Gasteiger partial charge in [0.1, 0.15) is 19.4 Å². The van der Waals surface area contributed by atoms with Gasteiger partial charge in [-0.3, -0.25) is 14.5 Å². The minimum Gasteiger partial charge on any atom is -0.445 e. The largest absolute Gasteiger partial charge is 0.445 e. The molecular formula is C19H24N2O5. The summed E-state index contributed by atoms with van der Waals surface area (Å²) in [4.78, 5) is 48.2. The van der Waals surface area contributed by atoms with E-state index in [1.165, 1.54) is 0 Å². The fourth-order valence-corrected chi connectivity index (χ4v) is 3.06. The smallest absolute Gasteiger partial charge is 0.407 e. The molecule has 7 heteroatoms. The number of hydrogen-bond donors (Lipinski definition) is 1. The van der Waals surface area contributed by atoms with Gasteiger partial charge in [-0.05, 0) is 18.4 Å². The molecule has 2 rings (SSSR count). The van der Waals surface area contributed by atoms with Gasteiger partial charge in [-0.2, -0.15) is 0 Å². The molecule has 1 fully saturated rings. The van der Waals surface area contributed by atoms with Crippen LogP contribution in [0.4, 0.5) is 4.79 Å². The molecule has 1 N–H and O–H groups in total. The highest BCUT2D eigenvalue weighted by molar-refractivity contribution is 6.01. The first-order valence-corrected chi connectivity index (χ1v) is 8.85. The lowest BCUT2D eigenvalue weighted by Gasteiger charge is -2.32. The monoisotopic (exact) mass is 360 g/mol. The maximum Gasteiger partial charge on any atom is 0.407 e. The Labute approximate surface area is 152 Å². The fourth-order valence-electron chi connectivity index (χ4n) is 3.06. The van der Waals surface area contributed by atoms with Crippen molar-refractivity contribution >= 4 is 24.2 Å². The van der Waals surface area contributed by atoms with E-state index < -0.39 is 17.9 Å². The Balaban J connectivity index is 1.86. The second-order valence-corrected chi connectivity index (χ2v) is 6.24. The molecule has 0 atom stereocenters. The highest BCUT2D eigenvalue weighted by Gasteiger charge is 2.30. The van der Waals surface area contributed by atoms with E-state index in [4.69, 9.17) is 4.74 Å². The van der Waals surface area contributed by atoms with Crippen LogP contribution in [-0.2, 0) is 25.7 Å². The molecule has 0 aromatic heterocycles. The molecule has 1 aliphatic carbocycles. The van der Waals surface area contributed by atoms with Crippen LogP contribution in [0.25, 0.3) is 0 Å². The third-order valence-electron chi connectivity index (χ3n) is 4.33. The van der Waals surface area contributed by atoms with E-state index in [9.17, 15) is 19.2 Å². The van der Waals surface area contributed by atoms with Gasteiger partial charge in [-0.25, -0.2) is 4.79 Å². The molecule has 1 saturated carbocycles.